The van der Waals surface area contributed by atoms with Gasteiger partial charge in [-0.05, 0) is 75.9 Å². The maximum Gasteiger partial charge on any atom is 0.410 e. The van der Waals surface area contributed by atoms with Gasteiger partial charge in [-0.25, -0.2) is 9.78 Å². The summed E-state index contributed by atoms with van der Waals surface area (Å²) < 4.78 is 13.2. The minimum Gasteiger partial charge on any atom is -0.447 e. The van der Waals surface area contributed by atoms with Gasteiger partial charge in [-0.1, -0.05) is 29.8 Å². The average Bonchev–Trinajstić information content (AvgIpc) is 3.34. The number of rotatable bonds is 7. The maximum absolute atomic E-state index is 13.4. The molecule has 1 N–H and O–H groups in total. The van der Waals surface area contributed by atoms with Crippen molar-refractivity contribution in [1.29, 1.82) is 0 Å². The van der Waals surface area contributed by atoms with E-state index in [9.17, 15) is 9.59 Å². The Morgan fingerprint density at radius 1 is 1.11 bits per heavy atom. The second-order valence-corrected chi connectivity index (χ2v) is 12.9. The van der Waals surface area contributed by atoms with Gasteiger partial charge in [0.05, 0.1) is 47.7 Å². The lowest BCUT2D eigenvalue weighted by Crippen LogP contribution is -2.50. The van der Waals surface area contributed by atoms with Gasteiger partial charge in [0.1, 0.15) is 6.61 Å². The normalized spacial score (nSPS) is 17.8. The highest BCUT2D eigenvalue weighted by Crippen LogP contribution is 2.43. The lowest BCUT2D eigenvalue weighted by Gasteiger charge is -2.39. The topological polar surface area (TPSA) is 102 Å². The molecule has 0 radical (unpaired) electrons. The van der Waals surface area contributed by atoms with Crippen LogP contribution >= 0.6 is 0 Å². The lowest BCUT2D eigenvalue weighted by atomic mass is 9.88. The number of fused-ring (bicyclic) bond motifs is 2. The number of nitrogens with one attached hydrogen (secondary N) is 1. The molecule has 3 heterocycles. The van der Waals surface area contributed by atoms with Crippen molar-refractivity contribution in [1.82, 2.24) is 29.7 Å². The minimum atomic E-state index is -0.492. The van der Waals surface area contributed by atoms with E-state index in [1.807, 2.05) is 58.5 Å². The standard InChI is InChI=1S/C34H44N6O4/c1-22(2)44-33(42)40-15-13-39(14-16-40)32-25-11-10-23(3)17-26(25)27(18-24-9-8-12-36-30(24)32)31(28-19-35-21-38(28)7)37-29(41)20-43-34(4,5)6/h8-12,17-19,21-22,31-32H,13-16,20H2,1-7H3,(H,37,41)/t31-,32+/m1/s1. The minimum absolute atomic E-state index is 0.0594. The first-order valence-electron chi connectivity index (χ1n) is 15.3. The number of ether oxygens (including phenoxy) is 2. The fourth-order valence-corrected chi connectivity index (χ4v) is 5.82. The molecule has 1 aliphatic heterocycles. The van der Waals surface area contributed by atoms with E-state index in [1.54, 1.807) is 17.4 Å². The van der Waals surface area contributed by atoms with Crippen molar-refractivity contribution >= 4 is 23.6 Å². The number of piperazine rings is 1. The number of hydrogen-bond donors (Lipinski definition) is 1. The summed E-state index contributed by atoms with van der Waals surface area (Å²) in [7, 11) is 1.93. The number of benzene rings is 1. The van der Waals surface area contributed by atoms with Crippen LogP contribution in [0.2, 0.25) is 0 Å². The molecule has 1 fully saturated rings. The van der Waals surface area contributed by atoms with E-state index < -0.39 is 11.6 Å². The number of aryl methyl sites for hydroxylation is 2. The zero-order chi connectivity index (χ0) is 31.6. The van der Waals surface area contributed by atoms with Crippen LogP contribution in [-0.2, 0) is 21.3 Å². The van der Waals surface area contributed by atoms with Crippen LogP contribution in [0.15, 0.2) is 49.1 Å². The molecule has 10 nitrogen and oxygen atoms in total. The zero-order valence-electron chi connectivity index (χ0n) is 26.8. The van der Waals surface area contributed by atoms with E-state index in [2.05, 4.69) is 52.5 Å². The van der Waals surface area contributed by atoms with E-state index in [-0.39, 0.29) is 30.8 Å². The second kappa shape index (κ2) is 12.9. The van der Waals surface area contributed by atoms with Crippen LogP contribution in [0.5, 0.6) is 0 Å². The first-order chi connectivity index (χ1) is 20.9. The SMILES string of the molecule is Cc1ccc2c(c1)C([C@@H](NC(=O)COC(C)(C)C)c1cncn1C)=Cc1cccnc1[C@H]2N1CCN(C(=O)OC(C)C)CC1. The summed E-state index contributed by atoms with van der Waals surface area (Å²) >= 11 is 0. The third-order valence-corrected chi connectivity index (χ3v) is 7.93. The summed E-state index contributed by atoms with van der Waals surface area (Å²) in [5.74, 6) is -0.210. The van der Waals surface area contributed by atoms with Gasteiger partial charge >= 0.3 is 6.09 Å². The van der Waals surface area contributed by atoms with Crippen molar-refractivity contribution in [3.63, 3.8) is 0 Å². The predicted octanol–water partition coefficient (Wildman–Crippen LogP) is 4.90. The quantitative estimate of drug-likeness (QED) is 0.412. The van der Waals surface area contributed by atoms with Gasteiger partial charge in [0, 0.05) is 39.4 Å². The van der Waals surface area contributed by atoms with Gasteiger partial charge in [0.2, 0.25) is 5.91 Å². The van der Waals surface area contributed by atoms with E-state index in [0.717, 1.165) is 39.2 Å². The third kappa shape index (κ3) is 7.03. The Labute approximate surface area is 260 Å². The van der Waals surface area contributed by atoms with Crippen molar-refractivity contribution in [2.45, 2.75) is 65.3 Å². The van der Waals surface area contributed by atoms with Crippen LogP contribution in [0.3, 0.4) is 0 Å². The number of aromatic nitrogens is 3. The molecule has 2 amide bonds. The summed E-state index contributed by atoms with van der Waals surface area (Å²) in [6, 6.07) is 9.88. The number of carbonyl (C=O) groups is 2. The van der Waals surface area contributed by atoms with Crippen LogP contribution in [0.1, 0.15) is 80.3 Å². The highest BCUT2D eigenvalue weighted by molar-refractivity contribution is 5.91. The highest BCUT2D eigenvalue weighted by Gasteiger charge is 2.36. The van der Waals surface area contributed by atoms with Gasteiger partial charge in [-0.3, -0.25) is 14.7 Å². The summed E-state index contributed by atoms with van der Waals surface area (Å²) in [5.41, 5.74) is 6.54. The molecule has 1 saturated heterocycles. The maximum atomic E-state index is 13.4. The Morgan fingerprint density at radius 2 is 1.86 bits per heavy atom. The Kier molecular flexibility index (Phi) is 9.22. The summed E-state index contributed by atoms with van der Waals surface area (Å²) in [4.78, 5) is 39.5. The van der Waals surface area contributed by atoms with Crippen molar-refractivity contribution < 1.29 is 19.1 Å². The first-order valence-corrected chi connectivity index (χ1v) is 15.3. The fraction of sp³-hybridized carbons (Fsp3) is 0.471. The van der Waals surface area contributed by atoms with E-state index >= 15 is 0 Å². The summed E-state index contributed by atoms with van der Waals surface area (Å²) in [6.45, 7) is 14.0. The predicted molar refractivity (Wildman–Crippen MR) is 170 cm³/mol. The number of carbonyl (C=O) groups excluding carboxylic acids is 2. The van der Waals surface area contributed by atoms with Crippen LogP contribution < -0.4 is 5.32 Å². The van der Waals surface area contributed by atoms with Gasteiger partial charge in [-0.2, -0.15) is 0 Å². The molecule has 2 aliphatic rings. The molecule has 2 atom stereocenters. The molecule has 0 spiro atoms. The smallest absolute Gasteiger partial charge is 0.410 e. The van der Waals surface area contributed by atoms with Crippen molar-refractivity contribution in [2.24, 2.45) is 7.05 Å². The van der Waals surface area contributed by atoms with Gasteiger partial charge in [0.25, 0.3) is 0 Å². The Bertz CT molecular complexity index is 1530. The third-order valence-electron chi connectivity index (χ3n) is 7.93. The largest absolute Gasteiger partial charge is 0.447 e. The molecule has 10 heteroatoms. The summed E-state index contributed by atoms with van der Waals surface area (Å²) in [6.07, 6.45) is 7.10. The molecule has 234 valence electrons. The number of imidazole rings is 1. The van der Waals surface area contributed by atoms with Crippen molar-refractivity contribution in [2.75, 3.05) is 32.8 Å². The van der Waals surface area contributed by atoms with Gasteiger partial charge < -0.3 is 24.3 Å². The fourth-order valence-electron chi connectivity index (χ4n) is 5.82. The van der Waals surface area contributed by atoms with Crippen LogP contribution in [0.4, 0.5) is 4.79 Å². The number of hydrogen-bond acceptors (Lipinski definition) is 7. The zero-order valence-corrected chi connectivity index (χ0v) is 26.8. The summed E-state index contributed by atoms with van der Waals surface area (Å²) in [5, 5.41) is 3.26. The number of nitrogens with zero attached hydrogens (tertiary/aromatic N) is 5. The molecule has 1 aromatic carbocycles. The monoisotopic (exact) mass is 600 g/mol. The van der Waals surface area contributed by atoms with E-state index in [1.165, 1.54) is 0 Å². The number of pyridine rings is 1. The Hall–Kier alpha value is -4.02. The van der Waals surface area contributed by atoms with Crippen LogP contribution in [0.25, 0.3) is 11.6 Å². The van der Waals surface area contributed by atoms with Crippen LogP contribution in [0, 0.1) is 6.92 Å². The molecule has 44 heavy (non-hydrogen) atoms. The first kappa shape index (κ1) is 31.4. The molecule has 5 rings (SSSR count). The van der Waals surface area contributed by atoms with Gasteiger partial charge in [0.15, 0.2) is 0 Å². The lowest BCUT2D eigenvalue weighted by molar-refractivity contribution is -0.131. The number of amides is 2. The van der Waals surface area contributed by atoms with E-state index in [4.69, 9.17) is 14.5 Å². The Morgan fingerprint density at radius 3 is 2.52 bits per heavy atom. The van der Waals surface area contributed by atoms with E-state index in [0.29, 0.717) is 26.2 Å². The van der Waals surface area contributed by atoms with Gasteiger partial charge in [-0.15, -0.1) is 0 Å². The van der Waals surface area contributed by atoms with Crippen molar-refractivity contribution in [3.8, 4) is 0 Å². The average molecular weight is 601 g/mol. The molecule has 0 saturated carbocycles. The molecule has 0 bridgehead atoms. The molecule has 3 aromatic rings. The Balaban J connectivity index is 1.57. The molecule has 2 aromatic heterocycles. The molecular formula is C34H44N6O4. The van der Waals surface area contributed by atoms with Crippen LogP contribution in [-0.4, -0.2) is 80.8 Å². The van der Waals surface area contributed by atoms with Crippen molar-refractivity contribution in [3.05, 3.63) is 82.7 Å². The second-order valence-electron chi connectivity index (χ2n) is 12.9. The molecule has 1 aliphatic carbocycles. The molecule has 0 unspecified atom stereocenters. The molecular weight excluding hydrogens is 556 g/mol. The highest BCUT2D eigenvalue weighted by atomic mass is 16.6.